The minimum absolute atomic E-state index is 0.0662. The van der Waals surface area contributed by atoms with Crippen LogP contribution < -0.4 is 5.32 Å². The molecule has 0 saturated heterocycles. The highest BCUT2D eigenvalue weighted by molar-refractivity contribution is 5.95. The van der Waals surface area contributed by atoms with Crippen LogP contribution in [-0.2, 0) is 18.0 Å². The number of aliphatic hydroxyl groups is 1. The predicted molar refractivity (Wildman–Crippen MR) is 68.2 cm³/mol. The number of carbonyl (C=O) groups is 1. The van der Waals surface area contributed by atoms with Crippen molar-refractivity contribution in [3.05, 3.63) is 34.9 Å². The smallest absolute Gasteiger partial charge is 0.251 e. The minimum Gasteiger partial charge on any atom is -0.394 e. The molecule has 1 aliphatic heterocycles. The lowest BCUT2D eigenvalue weighted by Gasteiger charge is -2.27. The van der Waals surface area contributed by atoms with Crippen molar-refractivity contribution in [1.29, 1.82) is 0 Å². The summed E-state index contributed by atoms with van der Waals surface area (Å²) >= 11 is 0. The average molecular weight is 249 g/mol. The molecular formula is C14H19NO3. The molecule has 2 rings (SSSR count). The van der Waals surface area contributed by atoms with E-state index in [2.05, 4.69) is 5.32 Å². The van der Waals surface area contributed by atoms with Gasteiger partial charge in [-0.25, -0.2) is 0 Å². The number of benzene rings is 1. The molecule has 1 amide bonds. The minimum atomic E-state index is -0.563. The van der Waals surface area contributed by atoms with Crippen molar-refractivity contribution in [2.45, 2.75) is 39.0 Å². The highest BCUT2D eigenvalue weighted by Crippen LogP contribution is 2.21. The molecule has 1 heterocycles. The normalized spacial score (nSPS) is 17.1. The molecule has 98 valence electrons. The quantitative estimate of drug-likeness (QED) is 0.852. The Morgan fingerprint density at radius 3 is 2.83 bits per heavy atom. The largest absolute Gasteiger partial charge is 0.394 e. The molecule has 4 nitrogen and oxygen atoms in total. The van der Waals surface area contributed by atoms with Crippen molar-refractivity contribution in [3.8, 4) is 0 Å². The molecule has 1 unspecified atom stereocenters. The molecule has 0 bridgehead atoms. The Labute approximate surface area is 107 Å². The third-order valence-corrected chi connectivity index (χ3v) is 3.53. The highest BCUT2D eigenvalue weighted by Gasteiger charge is 2.24. The second kappa shape index (κ2) is 5.08. The molecule has 0 saturated carbocycles. The zero-order valence-electron chi connectivity index (χ0n) is 10.8. The summed E-state index contributed by atoms with van der Waals surface area (Å²) in [5.74, 6) is -0.150. The van der Waals surface area contributed by atoms with Crippen LogP contribution in [0.2, 0.25) is 0 Å². The number of carbonyl (C=O) groups excluding carboxylic acids is 1. The Morgan fingerprint density at radius 1 is 1.44 bits per heavy atom. The molecular weight excluding hydrogens is 230 g/mol. The molecule has 0 radical (unpaired) electrons. The Kier molecular flexibility index (Phi) is 3.68. The first-order valence-electron chi connectivity index (χ1n) is 6.21. The molecule has 1 aromatic carbocycles. The highest BCUT2D eigenvalue weighted by atomic mass is 16.5. The Morgan fingerprint density at radius 2 is 2.17 bits per heavy atom. The molecule has 0 spiro atoms. The molecule has 2 N–H and O–H groups in total. The van der Waals surface area contributed by atoms with E-state index in [0.717, 1.165) is 11.1 Å². The van der Waals surface area contributed by atoms with Crippen LogP contribution in [-0.4, -0.2) is 23.2 Å². The van der Waals surface area contributed by atoms with Crippen LogP contribution >= 0.6 is 0 Å². The number of rotatable bonds is 4. The lowest BCUT2D eigenvalue weighted by Crippen LogP contribution is -2.48. The van der Waals surface area contributed by atoms with E-state index in [1.807, 2.05) is 26.0 Å². The van der Waals surface area contributed by atoms with Gasteiger partial charge in [0, 0.05) is 5.56 Å². The third-order valence-electron chi connectivity index (χ3n) is 3.53. The Hall–Kier alpha value is -1.39. The van der Waals surface area contributed by atoms with Gasteiger partial charge in [-0.2, -0.15) is 0 Å². The molecule has 1 atom stereocenters. The summed E-state index contributed by atoms with van der Waals surface area (Å²) in [4.78, 5) is 12.1. The van der Waals surface area contributed by atoms with Gasteiger partial charge < -0.3 is 15.2 Å². The third kappa shape index (κ3) is 2.54. The summed E-state index contributed by atoms with van der Waals surface area (Å²) in [6.45, 7) is 4.90. The van der Waals surface area contributed by atoms with E-state index in [1.54, 1.807) is 6.07 Å². The van der Waals surface area contributed by atoms with E-state index >= 15 is 0 Å². The fourth-order valence-corrected chi connectivity index (χ4v) is 1.90. The van der Waals surface area contributed by atoms with Crippen LogP contribution in [0.15, 0.2) is 18.2 Å². The van der Waals surface area contributed by atoms with Crippen LogP contribution in [0.25, 0.3) is 0 Å². The van der Waals surface area contributed by atoms with Gasteiger partial charge in [0.25, 0.3) is 5.91 Å². The fraction of sp³-hybridized carbons (Fsp3) is 0.500. The van der Waals surface area contributed by atoms with Gasteiger partial charge in [-0.15, -0.1) is 0 Å². The monoisotopic (exact) mass is 249 g/mol. The van der Waals surface area contributed by atoms with Crippen molar-refractivity contribution < 1.29 is 14.6 Å². The van der Waals surface area contributed by atoms with Gasteiger partial charge in [-0.05, 0) is 36.6 Å². The van der Waals surface area contributed by atoms with E-state index in [4.69, 9.17) is 4.74 Å². The van der Waals surface area contributed by atoms with Crippen LogP contribution in [0.4, 0.5) is 0 Å². The second-order valence-electron chi connectivity index (χ2n) is 5.00. The van der Waals surface area contributed by atoms with Crippen molar-refractivity contribution in [2.24, 2.45) is 0 Å². The van der Waals surface area contributed by atoms with Gasteiger partial charge in [-0.1, -0.05) is 13.0 Å². The summed E-state index contributed by atoms with van der Waals surface area (Å²) in [6, 6.07) is 5.60. The second-order valence-corrected chi connectivity index (χ2v) is 5.00. The summed E-state index contributed by atoms with van der Waals surface area (Å²) in [5.41, 5.74) is 2.27. The van der Waals surface area contributed by atoms with Crippen molar-refractivity contribution >= 4 is 5.91 Å². The number of hydrogen-bond donors (Lipinski definition) is 2. The fourth-order valence-electron chi connectivity index (χ4n) is 1.90. The number of amides is 1. The molecule has 0 aliphatic carbocycles. The van der Waals surface area contributed by atoms with E-state index in [1.165, 1.54) is 0 Å². The number of nitrogens with one attached hydrogen (secondary N) is 1. The first kappa shape index (κ1) is 13.1. The standard InChI is InChI=1S/C14H19NO3/c1-3-14(2,9-16)15-13(17)10-4-5-11-7-18-8-12(11)6-10/h4-6,16H,3,7-9H2,1-2H3,(H,15,17). The number of ether oxygens (including phenoxy) is 1. The summed E-state index contributed by atoms with van der Waals surface area (Å²) in [5, 5.41) is 12.2. The molecule has 4 heteroatoms. The zero-order valence-corrected chi connectivity index (χ0v) is 10.8. The van der Waals surface area contributed by atoms with Gasteiger partial charge in [0.2, 0.25) is 0 Å². The first-order chi connectivity index (χ1) is 8.58. The van der Waals surface area contributed by atoms with Gasteiger partial charge >= 0.3 is 0 Å². The number of aliphatic hydroxyl groups excluding tert-OH is 1. The lowest BCUT2D eigenvalue weighted by molar-refractivity contribution is 0.0847. The average Bonchev–Trinajstić information content (AvgIpc) is 2.85. The SMILES string of the molecule is CCC(C)(CO)NC(=O)c1ccc2c(c1)COC2. The first-order valence-corrected chi connectivity index (χ1v) is 6.21. The van der Waals surface area contributed by atoms with E-state index in [9.17, 15) is 9.90 Å². The van der Waals surface area contributed by atoms with Crippen LogP contribution in [0.3, 0.4) is 0 Å². The van der Waals surface area contributed by atoms with Crippen molar-refractivity contribution in [1.82, 2.24) is 5.32 Å². The van der Waals surface area contributed by atoms with Gasteiger partial charge in [0.05, 0.1) is 25.4 Å². The van der Waals surface area contributed by atoms with E-state index < -0.39 is 5.54 Å². The van der Waals surface area contributed by atoms with Gasteiger partial charge in [0.1, 0.15) is 0 Å². The maximum absolute atomic E-state index is 12.1. The lowest BCUT2D eigenvalue weighted by atomic mass is 9.99. The summed E-state index contributed by atoms with van der Waals surface area (Å²) < 4.78 is 5.32. The zero-order chi connectivity index (χ0) is 13.2. The van der Waals surface area contributed by atoms with Crippen LogP contribution in [0.5, 0.6) is 0 Å². The summed E-state index contributed by atoms with van der Waals surface area (Å²) in [6.07, 6.45) is 0.684. The Balaban J connectivity index is 2.14. The maximum atomic E-state index is 12.1. The summed E-state index contributed by atoms with van der Waals surface area (Å²) in [7, 11) is 0. The van der Waals surface area contributed by atoms with Crippen LogP contribution in [0.1, 0.15) is 41.8 Å². The van der Waals surface area contributed by atoms with Crippen molar-refractivity contribution in [3.63, 3.8) is 0 Å². The number of hydrogen-bond acceptors (Lipinski definition) is 3. The van der Waals surface area contributed by atoms with E-state index in [0.29, 0.717) is 25.2 Å². The van der Waals surface area contributed by atoms with Crippen molar-refractivity contribution in [2.75, 3.05) is 6.61 Å². The predicted octanol–water partition coefficient (Wildman–Crippen LogP) is 1.61. The van der Waals surface area contributed by atoms with E-state index in [-0.39, 0.29) is 12.5 Å². The molecule has 1 aromatic rings. The van der Waals surface area contributed by atoms with Gasteiger partial charge in [-0.3, -0.25) is 4.79 Å². The van der Waals surface area contributed by atoms with Gasteiger partial charge in [0.15, 0.2) is 0 Å². The van der Waals surface area contributed by atoms with Crippen LogP contribution in [0, 0.1) is 0 Å². The molecule has 0 aromatic heterocycles. The topological polar surface area (TPSA) is 58.6 Å². The maximum Gasteiger partial charge on any atom is 0.251 e. The molecule has 1 aliphatic rings. The molecule has 0 fully saturated rings. The molecule has 18 heavy (non-hydrogen) atoms. The Bertz CT molecular complexity index is 452. The number of fused-ring (bicyclic) bond motifs is 1.